The minimum atomic E-state index is -1.54. The number of likely N-dealkylation sites (N-methyl/N-ethyl adjacent to an activating group) is 1. The summed E-state index contributed by atoms with van der Waals surface area (Å²) in [6, 6.07) is 1.87. The predicted molar refractivity (Wildman–Crippen MR) is 199 cm³/mol. The Bertz CT molecular complexity index is 2170. The maximum Gasteiger partial charge on any atom is 1.00 e. The number of thioether (sulfide) groups is 1. The number of aromatic nitrogens is 5. The van der Waals surface area contributed by atoms with E-state index in [1.165, 1.54) is 34.0 Å². The number of aromatic hydroxyl groups is 2. The number of aryl methyl sites for hydroxylation is 1. The van der Waals surface area contributed by atoms with Gasteiger partial charge < -0.3 is 55.7 Å². The van der Waals surface area contributed by atoms with Crippen LogP contribution in [0.15, 0.2) is 28.2 Å². The number of carboxylic acid groups (broad SMARTS) is 2. The number of β-lactam (4-membered cyclic amide) rings is 1. The van der Waals surface area contributed by atoms with E-state index >= 15 is 0 Å². The van der Waals surface area contributed by atoms with Crippen LogP contribution in [0.3, 0.4) is 0 Å². The molecule has 6 heterocycles. The molecule has 59 heavy (non-hydrogen) atoms. The van der Waals surface area contributed by atoms with Crippen molar-refractivity contribution in [3.05, 3.63) is 45.2 Å². The first-order valence-corrected chi connectivity index (χ1v) is 19.7. The predicted octanol–water partition coefficient (Wildman–Crippen LogP) is -8.07. The van der Waals surface area contributed by atoms with Gasteiger partial charge in [0.15, 0.2) is 34.8 Å². The zero-order valence-corrected chi connectivity index (χ0v) is 39.0. The first kappa shape index (κ1) is 48.1. The number of phenols is 2. The van der Waals surface area contributed by atoms with Crippen molar-refractivity contribution in [3.8, 4) is 11.5 Å². The number of benzene rings is 1. The van der Waals surface area contributed by atoms with Crippen LogP contribution in [-0.4, -0.2) is 136 Å². The number of nitrogens with one attached hydrogen (secondary N) is 2. The topological polar surface area (TPSA) is 303 Å². The number of carboxylic acids is 2. The van der Waals surface area contributed by atoms with Crippen LogP contribution in [0, 0.1) is 0 Å². The first-order valence-electron chi connectivity index (χ1n) is 17.3. The molecule has 6 N–H and O–H groups in total. The minimum absolute atomic E-state index is 0. The van der Waals surface area contributed by atoms with Gasteiger partial charge in [0, 0.05) is 61.4 Å². The van der Waals surface area contributed by atoms with Crippen molar-refractivity contribution in [2.45, 2.75) is 62.1 Å². The number of anilines is 1. The molecule has 2 bridgehead atoms. The number of phenolic OH excluding ortho intramolecular Hbond substituents is 2. The largest absolute Gasteiger partial charge is 1.00 e. The van der Waals surface area contributed by atoms with E-state index in [4.69, 9.17) is 32.1 Å². The van der Waals surface area contributed by atoms with Gasteiger partial charge in [-0.15, -0.1) is 28.2 Å². The van der Waals surface area contributed by atoms with E-state index in [2.05, 4.69) is 43.3 Å². The minimum Gasteiger partial charge on any atom is -0.550 e. The smallest absolute Gasteiger partial charge is 0.550 e. The summed E-state index contributed by atoms with van der Waals surface area (Å²) in [5, 5.41) is 61.9. The number of piperidine rings is 1. The summed E-state index contributed by atoms with van der Waals surface area (Å²) in [7, 11) is 3.88. The molecule has 7 rings (SSSR count). The molecule has 304 valence electrons. The van der Waals surface area contributed by atoms with Crippen molar-refractivity contribution in [2.24, 2.45) is 12.2 Å². The third-order valence-corrected chi connectivity index (χ3v) is 12.7. The van der Waals surface area contributed by atoms with Gasteiger partial charge in [-0.25, -0.2) is 9.67 Å². The molecule has 21 nitrogen and oxygen atoms in total. The van der Waals surface area contributed by atoms with E-state index in [1.807, 2.05) is 0 Å². The number of oxime groups is 1. The molecule has 0 saturated carbocycles. The normalized spacial score (nSPS) is 24.3. The van der Waals surface area contributed by atoms with Crippen LogP contribution in [-0.2, 0) is 31.1 Å². The zero-order chi connectivity index (χ0) is 41.3. The van der Waals surface area contributed by atoms with Crippen molar-refractivity contribution < 1.29 is 113 Å². The van der Waals surface area contributed by atoms with Gasteiger partial charge in [0.2, 0.25) is 0 Å². The van der Waals surface area contributed by atoms with Crippen molar-refractivity contribution in [1.82, 2.24) is 40.7 Å². The molecule has 3 aromatic rings. The third-order valence-electron chi connectivity index (χ3n) is 10.3. The van der Waals surface area contributed by atoms with Crippen LogP contribution in [0.2, 0.25) is 5.02 Å². The van der Waals surface area contributed by atoms with Crippen molar-refractivity contribution in [1.29, 1.82) is 0 Å². The number of thiazole rings is 1. The Morgan fingerprint density at radius 3 is 2.37 bits per heavy atom. The maximum atomic E-state index is 13.9. The average molecular weight is 893 g/mol. The van der Waals surface area contributed by atoms with Crippen LogP contribution in [0.5, 0.6) is 11.5 Å². The molecule has 26 heteroatoms. The molecule has 0 aliphatic carbocycles. The molecule has 3 fully saturated rings. The van der Waals surface area contributed by atoms with Crippen molar-refractivity contribution in [2.75, 3.05) is 31.7 Å². The van der Waals surface area contributed by atoms with E-state index in [9.17, 15) is 34.5 Å². The van der Waals surface area contributed by atoms with E-state index in [1.54, 1.807) is 11.9 Å². The van der Waals surface area contributed by atoms with Crippen molar-refractivity contribution >= 4 is 80.9 Å². The Hall–Kier alpha value is -3.52. The second kappa shape index (κ2) is 19.9. The second-order valence-corrected chi connectivity index (χ2v) is 16.3. The summed E-state index contributed by atoms with van der Waals surface area (Å²) in [6.07, 6.45) is 3.27. The number of halogens is 1. The molecule has 0 spiro atoms. The zero-order valence-electron chi connectivity index (χ0n) is 32.6. The van der Waals surface area contributed by atoms with Gasteiger partial charge in [0.1, 0.15) is 23.7 Å². The monoisotopic (exact) mass is 892 g/mol. The number of fused-ring (bicyclic) bond motifs is 3. The molecular formula is C33H37ClN11Na2O10S2+. The average Bonchev–Trinajstić information content (AvgIpc) is 3.80. The number of amides is 3. The number of hydrogen-bond acceptors (Lipinski definition) is 18. The number of rotatable bonds is 11. The van der Waals surface area contributed by atoms with Gasteiger partial charge in [-0.2, -0.15) is 0 Å². The van der Waals surface area contributed by atoms with Gasteiger partial charge >= 0.3 is 59.1 Å². The molecule has 4 atom stereocenters. The maximum absolute atomic E-state index is 13.9. The van der Waals surface area contributed by atoms with Crippen LogP contribution >= 0.6 is 34.7 Å². The van der Waals surface area contributed by atoms with E-state index in [-0.39, 0.29) is 104 Å². The molecule has 2 aromatic heterocycles. The van der Waals surface area contributed by atoms with Gasteiger partial charge in [-0.1, -0.05) is 16.8 Å². The molecule has 3 saturated heterocycles. The number of nitrogens with two attached hydrogens (primary N) is 1. The third kappa shape index (κ3) is 10.2. The summed E-state index contributed by atoms with van der Waals surface area (Å²) in [4.78, 5) is 70.7. The van der Waals surface area contributed by atoms with E-state index in [0.29, 0.717) is 41.1 Å². The second-order valence-electron chi connectivity index (χ2n) is 13.9. The van der Waals surface area contributed by atoms with Crippen LogP contribution in [0.1, 0.15) is 54.5 Å². The van der Waals surface area contributed by atoms with E-state index < -0.39 is 59.2 Å². The number of carbonyl (C=O) groups is 5. The number of tetrazole rings is 1. The summed E-state index contributed by atoms with van der Waals surface area (Å²) in [5.74, 6) is -4.31. The fraction of sp³-hybridized carbons (Fsp3) is 0.455. The van der Waals surface area contributed by atoms with Gasteiger partial charge in [0.25, 0.3) is 17.7 Å². The number of quaternary nitrogens is 1. The molecule has 4 unspecified atom stereocenters. The fourth-order valence-corrected chi connectivity index (χ4v) is 9.86. The number of nitrogen functional groups attached to an aromatic ring is 1. The van der Waals surface area contributed by atoms with Crippen LogP contribution in [0.25, 0.3) is 5.70 Å². The Labute approximate surface area is 393 Å². The summed E-state index contributed by atoms with van der Waals surface area (Å²) in [5.41, 5.74) is 7.05. The Balaban J connectivity index is 0.00000123. The molecule has 4 aliphatic rings. The molecule has 3 amide bonds. The van der Waals surface area contributed by atoms with Crippen LogP contribution in [0.4, 0.5) is 5.13 Å². The molecular weight excluding hydrogens is 856 g/mol. The van der Waals surface area contributed by atoms with Gasteiger partial charge in [-0.3, -0.25) is 19.3 Å². The van der Waals surface area contributed by atoms with Gasteiger partial charge in [0.05, 0.1) is 41.4 Å². The van der Waals surface area contributed by atoms with E-state index in [0.717, 1.165) is 36.7 Å². The summed E-state index contributed by atoms with van der Waals surface area (Å²) >= 11 is 8.68. The number of nitrogens with zero attached hydrogens (tertiary/aromatic N) is 8. The van der Waals surface area contributed by atoms with Crippen molar-refractivity contribution in [3.63, 3.8) is 0 Å². The Kier molecular flexibility index (Phi) is 16.2. The Morgan fingerprint density at radius 2 is 1.80 bits per heavy atom. The number of aliphatic carboxylic acids is 2. The number of carbonyl (C=O) groups excluding carboxylic acids is 5. The molecule has 4 aliphatic heterocycles. The van der Waals surface area contributed by atoms with Crippen LogP contribution < -0.4 is 85.7 Å². The summed E-state index contributed by atoms with van der Waals surface area (Å²) < 4.78 is 2.18. The first-order chi connectivity index (χ1) is 27.0. The Morgan fingerprint density at radius 1 is 1.14 bits per heavy atom. The SMILES string of the molecule is CC(=O)[O-].Cn1nnnc1C1=C(C[N+]2(C)C3CCC2CC(NC(=O)c2ccc(O)c(O)c2Cl)C3)CSC2C(NC(=O)/C(=N\OCC(=O)[O-])c3csc(N)n3)C(=O)N12.[Na+].[Na+]. The quantitative estimate of drug-likeness (QED) is 0.0298. The molecule has 0 radical (unpaired) electrons. The standard InChI is InChI=1S/C31H34ClN11O8S2.C2H4O2.2Na/c1-41-26(37-39-40-41)24-13(9-43(2)15-3-4-16(43)8-14(7-15)34-27(48)17-5-6-19(44)25(47)21(17)32)11-52-30-23(29(50)42(24)30)36-28(49)22(38-51-10-20(45)46)18-12-53-31(33)35-18;1-2(3)4;;/h5-6,12,14-16,23,30H,3-4,7-11H2,1-2H3,(H6-,33,34,35,36,38,39,40,44,45,46,47,48,49);1H3,(H,3,4);;/q;;2*+1/p-1. The van der Waals surface area contributed by atoms with Gasteiger partial charge in [-0.05, 0) is 29.5 Å². The fourth-order valence-electron chi connectivity index (χ4n) is 7.73. The number of hydrogen-bond donors (Lipinski definition) is 5. The molecule has 1 aromatic carbocycles. The summed E-state index contributed by atoms with van der Waals surface area (Å²) in [6.45, 7) is 0.663.